The summed E-state index contributed by atoms with van der Waals surface area (Å²) in [6.45, 7) is 6.08. The number of aromatic carboxylic acids is 2. The van der Waals surface area contributed by atoms with E-state index in [1.54, 1.807) is 6.07 Å². The van der Waals surface area contributed by atoms with E-state index in [0.717, 1.165) is 25.7 Å². The molecule has 0 amide bonds. The molecule has 0 bridgehead atoms. The van der Waals surface area contributed by atoms with Gasteiger partial charge in [-0.15, -0.1) is 0 Å². The van der Waals surface area contributed by atoms with Crippen LogP contribution in [-0.4, -0.2) is 48.6 Å². The van der Waals surface area contributed by atoms with Crippen LogP contribution in [0.2, 0.25) is 0 Å². The number of carboxylic acid groups (broad SMARTS) is 2. The lowest BCUT2D eigenvalue weighted by molar-refractivity contribution is 0.0692. The van der Waals surface area contributed by atoms with E-state index in [2.05, 4.69) is 13.8 Å². The summed E-state index contributed by atoms with van der Waals surface area (Å²) in [5, 5.41) is 19.1. The molecule has 6 nitrogen and oxygen atoms in total. The molecule has 0 radical (unpaired) electrons. The molecule has 146 valence electrons. The zero-order chi connectivity index (χ0) is 19.4. The van der Waals surface area contributed by atoms with Gasteiger partial charge in [0.1, 0.15) is 0 Å². The second-order valence-corrected chi connectivity index (χ2v) is 6.17. The molecular formula is C20H30O6. The lowest BCUT2D eigenvalue weighted by Gasteiger charge is -2.15. The van der Waals surface area contributed by atoms with Crippen LogP contribution < -0.4 is 0 Å². The molecule has 1 aromatic rings. The Hall–Kier alpha value is -1.92. The fourth-order valence-electron chi connectivity index (χ4n) is 2.68. The summed E-state index contributed by atoms with van der Waals surface area (Å²) < 4.78 is 11.0. The highest BCUT2D eigenvalue weighted by Crippen LogP contribution is 2.22. The maximum Gasteiger partial charge on any atom is 0.336 e. The third-order valence-electron chi connectivity index (χ3n) is 4.14. The van der Waals surface area contributed by atoms with Crippen molar-refractivity contribution < 1.29 is 29.3 Å². The highest BCUT2D eigenvalue weighted by Gasteiger charge is 2.22. The second-order valence-electron chi connectivity index (χ2n) is 6.17. The molecule has 0 aliphatic heterocycles. The number of benzene rings is 1. The molecule has 1 aromatic carbocycles. The minimum Gasteiger partial charge on any atom is -0.478 e. The van der Waals surface area contributed by atoms with Crippen molar-refractivity contribution in [2.75, 3.05) is 26.4 Å². The molecule has 0 aromatic heterocycles. The van der Waals surface area contributed by atoms with Crippen molar-refractivity contribution in [2.45, 2.75) is 52.4 Å². The van der Waals surface area contributed by atoms with Crippen LogP contribution in [0.5, 0.6) is 0 Å². The summed E-state index contributed by atoms with van der Waals surface area (Å²) in [6.07, 6.45) is 4.63. The van der Waals surface area contributed by atoms with Crippen molar-refractivity contribution in [3.63, 3.8) is 0 Å². The third kappa shape index (κ3) is 7.14. The highest BCUT2D eigenvalue weighted by molar-refractivity contribution is 5.97. The summed E-state index contributed by atoms with van der Waals surface area (Å²) in [7, 11) is 0. The van der Waals surface area contributed by atoms with E-state index in [0.29, 0.717) is 44.0 Å². The second kappa shape index (κ2) is 12.4. The quantitative estimate of drug-likeness (QED) is 0.487. The molecule has 0 fully saturated rings. The van der Waals surface area contributed by atoms with Gasteiger partial charge in [-0.25, -0.2) is 9.59 Å². The molecule has 0 aliphatic rings. The minimum atomic E-state index is -1.12. The SMILES string of the molecule is CCCCOCCc1ccc(C(=O)O)c(CCOCCCC)c1C(=O)O. The maximum atomic E-state index is 11.8. The van der Waals surface area contributed by atoms with Gasteiger partial charge < -0.3 is 19.7 Å². The molecule has 0 unspecified atom stereocenters. The van der Waals surface area contributed by atoms with Crippen molar-refractivity contribution >= 4 is 11.9 Å². The summed E-state index contributed by atoms with van der Waals surface area (Å²) in [4.78, 5) is 23.3. The summed E-state index contributed by atoms with van der Waals surface area (Å²) in [6, 6.07) is 3.06. The predicted octanol–water partition coefficient (Wildman–Crippen LogP) is 3.80. The number of ether oxygens (including phenoxy) is 2. The van der Waals surface area contributed by atoms with Gasteiger partial charge in [0.15, 0.2) is 0 Å². The molecule has 0 saturated heterocycles. The van der Waals surface area contributed by atoms with E-state index in [1.165, 1.54) is 6.07 Å². The van der Waals surface area contributed by atoms with Crippen LogP contribution in [0.4, 0.5) is 0 Å². The van der Waals surface area contributed by atoms with Crippen molar-refractivity contribution in [1.82, 2.24) is 0 Å². The monoisotopic (exact) mass is 366 g/mol. The van der Waals surface area contributed by atoms with Crippen LogP contribution in [0.25, 0.3) is 0 Å². The Balaban J connectivity index is 2.95. The van der Waals surface area contributed by atoms with Crippen molar-refractivity contribution in [3.05, 3.63) is 34.4 Å². The van der Waals surface area contributed by atoms with Crippen molar-refractivity contribution in [3.8, 4) is 0 Å². The first-order valence-corrected chi connectivity index (χ1v) is 9.29. The van der Waals surface area contributed by atoms with Gasteiger partial charge in [0.05, 0.1) is 24.3 Å². The van der Waals surface area contributed by atoms with Gasteiger partial charge in [0, 0.05) is 13.2 Å². The molecule has 1 rings (SSSR count). The molecule has 0 spiro atoms. The number of carboxylic acids is 2. The molecule has 6 heteroatoms. The van der Waals surface area contributed by atoms with E-state index in [4.69, 9.17) is 9.47 Å². The average molecular weight is 366 g/mol. The zero-order valence-corrected chi connectivity index (χ0v) is 15.8. The van der Waals surface area contributed by atoms with Crippen LogP contribution in [0.15, 0.2) is 12.1 Å². The number of unbranched alkanes of at least 4 members (excludes halogenated alkanes) is 2. The molecule has 0 atom stereocenters. The Bertz CT molecular complexity index is 582. The van der Waals surface area contributed by atoms with E-state index in [1.807, 2.05) is 0 Å². The molecule has 0 saturated carbocycles. The number of carbonyl (C=O) groups is 2. The minimum absolute atomic E-state index is 0.0251. The van der Waals surface area contributed by atoms with E-state index >= 15 is 0 Å². The van der Waals surface area contributed by atoms with Gasteiger partial charge in [-0.05, 0) is 42.9 Å². The number of hydrogen-bond acceptors (Lipinski definition) is 4. The predicted molar refractivity (Wildman–Crippen MR) is 99.2 cm³/mol. The first kappa shape index (κ1) is 22.1. The van der Waals surface area contributed by atoms with Crippen LogP contribution in [0, 0.1) is 0 Å². The molecule has 2 N–H and O–H groups in total. The van der Waals surface area contributed by atoms with Crippen LogP contribution >= 0.6 is 0 Å². The molecule has 0 heterocycles. The number of rotatable bonds is 14. The van der Waals surface area contributed by atoms with Gasteiger partial charge in [-0.3, -0.25) is 0 Å². The van der Waals surface area contributed by atoms with Gasteiger partial charge in [0.25, 0.3) is 0 Å². The number of hydrogen-bond donors (Lipinski definition) is 2. The van der Waals surface area contributed by atoms with Gasteiger partial charge in [-0.2, -0.15) is 0 Å². The standard InChI is InChI=1S/C20H30O6/c1-3-5-11-25-13-9-15-7-8-17(19(21)22)16(18(15)20(23)24)10-14-26-12-6-4-2/h7-8H,3-6,9-14H2,1-2H3,(H,21,22)(H,23,24). The van der Waals surface area contributed by atoms with Crippen molar-refractivity contribution in [1.29, 1.82) is 0 Å². The summed E-state index contributed by atoms with van der Waals surface area (Å²) in [5.74, 6) is -2.23. The van der Waals surface area contributed by atoms with Crippen LogP contribution in [0.3, 0.4) is 0 Å². The third-order valence-corrected chi connectivity index (χ3v) is 4.14. The van der Waals surface area contributed by atoms with Crippen molar-refractivity contribution in [2.24, 2.45) is 0 Å². The Kier molecular flexibility index (Phi) is 10.6. The molecule has 0 aliphatic carbocycles. The Morgan fingerprint density at radius 1 is 0.846 bits per heavy atom. The van der Waals surface area contributed by atoms with E-state index < -0.39 is 11.9 Å². The highest BCUT2D eigenvalue weighted by atomic mass is 16.5. The largest absolute Gasteiger partial charge is 0.478 e. The fourth-order valence-corrected chi connectivity index (χ4v) is 2.68. The first-order chi connectivity index (χ1) is 12.5. The van der Waals surface area contributed by atoms with E-state index in [-0.39, 0.29) is 17.5 Å². The normalized spacial score (nSPS) is 10.8. The van der Waals surface area contributed by atoms with Gasteiger partial charge >= 0.3 is 11.9 Å². The van der Waals surface area contributed by atoms with E-state index in [9.17, 15) is 19.8 Å². The topological polar surface area (TPSA) is 93.1 Å². The smallest absolute Gasteiger partial charge is 0.336 e. The molecular weight excluding hydrogens is 336 g/mol. The first-order valence-electron chi connectivity index (χ1n) is 9.29. The summed E-state index contributed by atoms with van der Waals surface area (Å²) >= 11 is 0. The molecule has 26 heavy (non-hydrogen) atoms. The summed E-state index contributed by atoms with van der Waals surface area (Å²) in [5.41, 5.74) is 1.02. The lowest BCUT2D eigenvalue weighted by Crippen LogP contribution is -2.16. The Labute approximate surface area is 155 Å². The average Bonchev–Trinajstić information content (AvgIpc) is 2.60. The van der Waals surface area contributed by atoms with Crippen LogP contribution in [-0.2, 0) is 22.3 Å². The zero-order valence-electron chi connectivity index (χ0n) is 15.8. The van der Waals surface area contributed by atoms with Crippen LogP contribution in [0.1, 0.15) is 71.4 Å². The maximum absolute atomic E-state index is 11.8. The Morgan fingerprint density at radius 3 is 1.92 bits per heavy atom. The van der Waals surface area contributed by atoms with Gasteiger partial charge in [0.2, 0.25) is 0 Å². The Morgan fingerprint density at radius 2 is 1.42 bits per heavy atom. The lowest BCUT2D eigenvalue weighted by atomic mass is 9.92. The fraction of sp³-hybridized carbons (Fsp3) is 0.600. The van der Waals surface area contributed by atoms with Gasteiger partial charge in [-0.1, -0.05) is 32.8 Å².